The highest BCUT2D eigenvalue weighted by molar-refractivity contribution is 7.26. The van der Waals surface area contributed by atoms with Crippen LogP contribution in [0.1, 0.15) is 0 Å². The van der Waals surface area contributed by atoms with Crippen molar-refractivity contribution in [2.45, 2.75) is 0 Å². The molecule has 0 aliphatic carbocycles. The highest BCUT2D eigenvalue weighted by atomic mass is 32.1. The van der Waals surface area contributed by atoms with Crippen molar-refractivity contribution in [2.75, 3.05) is 0 Å². The minimum absolute atomic E-state index is 0.607. The van der Waals surface area contributed by atoms with Gasteiger partial charge in [-0.15, -0.1) is 11.3 Å². The maximum absolute atomic E-state index is 6.19. The van der Waals surface area contributed by atoms with Crippen molar-refractivity contribution in [2.24, 2.45) is 0 Å². The van der Waals surface area contributed by atoms with Crippen LogP contribution < -0.4 is 0 Å². The molecule has 5 nitrogen and oxygen atoms in total. The van der Waals surface area contributed by atoms with E-state index in [1.807, 2.05) is 30.3 Å². The Morgan fingerprint density at radius 2 is 1.04 bits per heavy atom. The fourth-order valence-corrected chi connectivity index (χ4v) is 9.60. The van der Waals surface area contributed by atoms with Gasteiger partial charge >= 0.3 is 0 Å². The number of aromatic nitrogens is 4. The number of hydrogen-bond acceptors (Lipinski definition) is 5. The minimum atomic E-state index is 0.607. The first-order valence-electron chi connectivity index (χ1n) is 19.0. The van der Waals surface area contributed by atoms with E-state index in [9.17, 15) is 0 Å². The Kier molecular flexibility index (Phi) is 7.03. The topological polar surface area (TPSA) is 56.7 Å². The number of hydrogen-bond donors (Lipinski definition) is 0. The Bertz CT molecular complexity index is 3540. The van der Waals surface area contributed by atoms with E-state index in [1.165, 1.54) is 37.4 Å². The van der Waals surface area contributed by atoms with Gasteiger partial charge in [0, 0.05) is 64.1 Å². The molecule has 266 valence electrons. The summed E-state index contributed by atoms with van der Waals surface area (Å²) >= 11 is 1.78. The van der Waals surface area contributed by atoms with Gasteiger partial charge in [0.1, 0.15) is 11.2 Å². The second-order valence-corrected chi connectivity index (χ2v) is 15.4. The summed E-state index contributed by atoms with van der Waals surface area (Å²) in [5, 5.41) is 6.95. The molecule has 0 atom stereocenters. The van der Waals surface area contributed by atoms with Crippen LogP contribution in [0.3, 0.4) is 0 Å². The molecule has 4 aromatic heterocycles. The SMILES string of the molecule is c1ccc(-c2ccc3c4ccccc4n(-c4cccc(-c5nc(-c6ccc7oc8ccccc8c7c6)nc(-c6cccc7c6sc6ccccc67)n5)c4)c3c2)cc1. The Hall–Kier alpha value is -7.41. The second kappa shape index (κ2) is 12.6. The molecule has 0 amide bonds. The number of nitrogens with zero attached hydrogens (tertiary/aromatic N) is 4. The lowest BCUT2D eigenvalue weighted by Gasteiger charge is -2.12. The molecule has 0 spiro atoms. The fourth-order valence-electron chi connectivity index (χ4n) is 8.39. The number of benzene rings is 8. The molecule has 0 saturated heterocycles. The maximum atomic E-state index is 6.19. The van der Waals surface area contributed by atoms with Crippen LogP contribution >= 0.6 is 11.3 Å². The van der Waals surface area contributed by atoms with Gasteiger partial charge in [-0.1, -0.05) is 121 Å². The van der Waals surface area contributed by atoms with Crippen LogP contribution in [0.25, 0.3) is 115 Å². The van der Waals surface area contributed by atoms with Gasteiger partial charge in [0.15, 0.2) is 17.5 Å². The quantitative estimate of drug-likeness (QED) is 0.176. The largest absolute Gasteiger partial charge is 0.456 e. The number of rotatable bonds is 5. The first-order valence-corrected chi connectivity index (χ1v) is 19.8. The summed E-state index contributed by atoms with van der Waals surface area (Å²) in [6, 6.07) is 63.9. The van der Waals surface area contributed by atoms with Crippen molar-refractivity contribution in [3.05, 3.63) is 182 Å². The van der Waals surface area contributed by atoms with E-state index < -0.39 is 0 Å². The number of fused-ring (bicyclic) bond motifs is 9. The van der Waals surface area contributed by atoms with E-state index in [-0.39, 0.29) is 0 Å². The van der Waals surface area contributed by atoms with Crippen molar-refractivity contribution < 1.29 is 4.42 Å². The summed E-state index contributed by atoms with van der Waals surface area (Å²) in [5.41, 5.74) is 10.2. The molecule has 0 N–H and O–H groups in total. The van der Waals surface area contributed by atoms with Crippen LogP contribution in [0.15, 0.2) is 186 Å². The molecule has 57 heavy (non-hydrogen) atoms. The van der Waals surface area contributed by atoms with E-state index in [0.29, 0.717) is 17.5 Å². The zero-order chi connectivity index (χ0) is 37.5. The third-order valence-electron chi connectivity index (χ3n) is 11.1. The third kappa shape index (κ3) is 5.12. The first-order chi connectivity index (χ1) is 28.2. The Labute approximate surface area is 330 Å². The van der Waals surface area contributed by atoms with Gasteiger partial charge in [-0.2, -0.15) is 0 Å². The summed E-state index contributed by atoms with van der Waals surface area (Å²) in [6.45, 7) is 0. The Morgan fingerprint density at radius 3 is 1.93 bits per heavy atom. The number of furan rings is 1. The number of para-hydroxylation sites is 2. The molecule has 0 aliphatic heterocycles. The lowest BCUT2D eigenvalue weighted by molar-refractivity contribution is 0.669. The predicted molar refractivity (Wildman–Crippen MR) is 236 cm³/mol. The summed E-state index contributed by atoms with van der Waals surface area (Å²) in [6.07, 6.45) is 0. The molecule has 8 aromatic carbocycles. The monoisotopic (exact) mass is 746 g/mol. The molecule has 0 saturated carbocycles. The van der Waals surface area contributed by atoms with E-state index in [1.54, 1.807) is 11.3 Å². The van der Waals surface area contributed by atoms with Crippen LogP contribution in [0.4, 0.5) is 0 Å². The zero-order valence-electron chi connectivity index (χ0n) is 30.4. The van der Waals surface area contributed by atoms with Gasteiger partial charge in [0.05, 0.1) is 11.0 Å². The van der Waals surface area contributed by atoms with E-state index in [4.69, 9.17) is 19.4 Å². The fraction of sp³-hybridized carbons (Fsp3) is 0. The molecule has 0 bridgehead atoms. The molecule has 0 aliphatic rings. The van der Waals surface area contributed by atoms with Crippen LogP contribution in [-0.4, -0.2) is 19.5 Å². The molecule has 0 fully saturated rings. The van der Waals surface area contributed by atoms with Gasteiger partial charge in [-0.25, -0.2) is 15.0 Å². The summed E-state index contributed by atoms with van der Waals surface area (Å²) < 4.78 is 11.0. The highest BCUT2D eigenvalue weighted by Crippen LogP contribution is 2.41. The maximum Gasteiger partial charge on any atom is 0.165 e. The lowest BCUT2D eigenvalue weighted by Crippen LogP contribution is -2.01. The molecule has 0 radical (unpaired) electrons. The first kappa shape index (κ1) is 31.9. The summed E-state index contributed by atoms with van der Waals surface area (Å²) in [5.74, 6) is 1.85. The van der Waals surface area contributed by atoms with Crippen LogP contribution in [0.2, 0.25) is 0 Å². The lowest BCUT2D eigenvalue weighted by atomic mass is 10.0. The average Bonchev–Trinajstić information content (AvgIpc) is 3.96. The Balaban J connectivity index is 1.08. The number of thiophene rings is 1. The Morgan fingerprint density at radius 1 is 0.386 bits per heavy atom. The van der Waals surface area contributed by atoms with Crippen LogP contribution in [-0.2, 0) is 0 Å². The average molecular weight is 747 g/mol. The van der Waals surface area contributed by atoms with Crippen molar-refractivity contribution in [3.63, 3.8) is 0 Å². The van der Waals surface area contributed by atoms with Gasteiger partial charge in [-0.3, -0.25) is 0 Å². The zero-order valence-corrected chi connectivity index (χ0v) is 31.2. The van der Waals surface area contributed by atoms with Crippen LogP contribution in [0.5, 0.6) is 0 Å². The molecule has 4 heterocycles. The molecular formula is C51H30N4OS. The van der Waals surface area contributed by atoms with Crippen molar-refractivity contribution in [1.29, 1.82) is 0 Å². The smallest absolute Gasteiger partial charge is 0.165 e. The normalized spacial score (nSPS) is 11.9. The van der Waals surface area contributed by atoms with Gasteiger partial charge in [-0.05, 0) is 71.8 Å². The van der Waals surface area contributed by atoms with Gasteiger partial charge < -0.3 is 8.98 Å². The molecule has 12 rings (SSSR count). The summed E-state index contributed by atoms with van der Waals surface area (Å²) in [4.78, 5) is 15.7. The molecular weight excluding hydrogens is 717 g/mol. The molecule has 0 unspecified atom stereocenters. The van der Waals surface area contributed by atoms with E-state index >= 15 is 0 Å². The minimum Gasteiger partial charge on any atom is -0.456 e. The van der Waals surface area contributed by atoms with E-state index in [2.05, 4.69) is 156 Å². The van der Waals surface area contributed by atoms with Crippen molar-refractivity contribution in [3.8, 4) is 51.0 Å². The highest BCUT2D eigenvalue weighted by Gasteiger charge is 2.19. The second-order valence-electron chi connectivity index (χ2n) is 14.4. The third-order valence-corrected chi connectivity index (χ3v) is 12.3. The summed E-state index contributed by atoms with van der Waals surface area (Å²) in [7, 11) is 0. The van der Waals surface area contributed by atoms with Gasteiger partial charge in [0.2, 0.25) is 0 Å². The van der Waals surface area contributed by atoms with E-state index in [0.717, 1.165) is 60.0 Å². The van der Waals surface area contributed by atoms with Gasteiger partial charge in [0.25, 0.3) is 0 Å². The molecule has 6 heteroatoms. The molecule has 12 aromatic rings. The van der Waals surface area contributed by atoms with Crippen molar-refractivity contribution >= 4 is 75.3 Å². The predicted octanol–water partition coefficient (Wildman–Crippen LogP) is 13.9. The van der Waals surface area contributed by atoms with Crippen LogP contribution in [0, 0.1) is 0 Å². The van der Waals surface area contributed by atoms with Crippen molar-refractivity contribution in [1.82, 2.24) is 19.5 Å². The standard InChI is InChI=1S/C51H30N4OS/c1-2-12-31(13-3-1)32-24-26-37-36-16-4-7-21-43(36)55(44(37)30-32)35-15-10-14-33(28-35)49-52-50(34-25-27-46-42(29-34)38-17-5-8-22-45(38)56-46)54-51(53-49)41-20-11-19-40-39-18-6-9-23-47(39)57-48(40)41/h1-30H.